The molecule has 0 fully saturated rings. The number of carbonyl (C=O) groups excluding carboxylic acids is 1. The van der Waals surface area contributed by atoms with E-state index in [4.69, 9.17) is 0 Å². The fourth-order valence-electron chi connectivity index (χ4n) is 2.30. The predicted molar refractivity (Wildman–Crippen MR) is 52.0 cm³/mol. The maximum Gasteiger partial charge on any atom is 0.224 e. The van der Waals surface area contributed by atoms with Crippen LogP contribution < -0.4 is 5.32 Å². The molecule has 0 bridgehead atoms. The highest BCUT2D eigenvalue weighted by atomic mass is 16.1. The van der Waals surface area contributed by atoms with Crippen molar-refractivity contribution in [3.63, 3.8) is 0 Å². The van der Waals surface area contributed by atoms with E-state index >= 15 is 0 Å². The largest absolute Gasteiger partial charge is 0.330 e. The summed E-state index contributed by atoms with van der Waals surface area (Å²) in [5, 5.41) is 3.00. The Kier molecular flexibility index (Phi) is 1.94. The Morgan fingerprint density at radius 1 is 1.23 bits per heavy atom. The number of amides is 1. The van der Waals surface area contributed by atoms with E-state index < -0.39 is 0 Å². The lowest BCUT2D eigenvalue weighted by Crippen LogP contribution is -2.33. The van der Waals surface area contributed by atoms with Crippen LogP contribution in [0, 0.1) is 5.41 Å². The molecule has 0 aromatic carbocycles. The Labute approximate surface area is 79.4 Å². The van der Waals surface area contributed by atoms with Gasteiger partial charge >= 0.3 is 0 Å². The molecule has 1 amide bonds. The first-order valence-electron chi connectivity index (χ1n) is 5.08. The van der Waals surface area contributed by atoms with Gasteiger partial charge in [0.25, 0.3) is 0 Å². The van der Waals surface area contributed by atoms with Gasteiger partial charge in [-0.15, -0.1) is 0 Å². The molecule has 1 aliphatic heterocycles. The van der Waals surface area contributed by atoms with Crippen molar-refractivity contribution in [3.8, 4) is 0 Å². The standard InChI is InChI=1S/C11H17NO/c1-11(2)6-5-9-8(7-11)3-4-10(13)12-9/h3-7H2,1-2H3,(H,12,13). The predicted octanol–water partition coefficient (Wildman–Crippen LogP) is 2.36. The van der Waals surface area contributed by atoms with E-state index in [9.17, 15) is 4.79 Å². The molecule has 1 N–H and O–H groups in total. The van der Waals surface area contributed by atoms with Crippen LogP contribution in [0.15, 0.2) is 11.3 Å². The SMILES string of the molecule is CC1(C)CCC2=C(CCC(=O)N2)C1. The van der Waals surface area contributed by atoms with Crippen LogP contribution >= 0.6 is 0 Å². The highest BCUT2D eigenvalue weighted by Crippen LogP contribution is 2.40. The minimum Gasteiger partial charge on any atom is -0.330 e. The second-order valence-electron chi connectivity index (χ2n) is 4.97. The molecule has 2 rings (SSSR count). The summed E-state index contributed by atoms with van der Waals surface area (Å²) in [4.78, 5) is 11.1. The van der Waals surface area contributed by atoms with E-state index in [-0.39, 0.29) is 5.91 Å². The third-order valence-corrected chi connectivity index (χ3v) is 3.11. The number of carbonyl (C=O) groups is 1. The van der Waals surface area contributed by atoms with Gasteiger partial charge in [0.15, 0.2) is 0 Å². The van der Waals surface area contributed by atoms with E-state index in [0.717, 1.165) is 12.8 Å². The van der Waals surface area contributed by atoms with Gasteiger partial charge in [0.1, 0.15) is 0 Å². The van der Waals surface area contributed by atoms with Gasteiger partial charge in [0, 0.05) is 12.1 Å². The zero-order valence-corrected chi connectivity index (χ0v) is 8.44. The summed E-state index contributed by atoms with van der Waals surface area (Å²) < 4.78 is 0. The summed E-state index contributed by atoms with van der Waals surface area (Å²) in [6, 6.07) is 0. The Morgan fingerprint density at radius 3 is 2.77 bits per heavy atom. The van der Waals surface area contributed by atoms with Crippen LogP contribution in [-0.2, 0) is 4.79 Å². The average Bonchev–Trinajstić information content (AvgIpc) is 2.05. The molecule has 2 aliphatic rings. The first-order valence-corrected chi connectivity index (χ1v) is 5.08. The molecular weight excluding hydrogens is 162 g/mol. The average molecular weight is 179 g/mol. The van der Waals surface area contributed by atoms with E-state index in [1.54, 1.807) is 0 Å². The molecule has 0 saturated carbocycles. The minimum atomic E-state index is 0.207. The van der Waals surface area contributed by atoms with E-state index in [1.807, 2.05) is 0 Å². The molecule has 72 valence electrons. The molecule has 2 nitrogen and oxygen atoms in total. The fraction of sp³-hybridized carbons (Fsp3) is 0.727. The molecule has 0 aromatic heterocycles. The highest BCUT2D eigenvalue weighted by Gasteiger charge is 2.29. The van der Waals surface area contributed by atoms with Crippen LogP contribution in [0.1, 0.15) is 46.0 Å². The van der Waals surface area contributed by atoms with E-state index in [2.05, 4.69) is 19.2 Å². The first-order chi connectivity index (χ1) is 6.07. The van der Waals surface area contributed by atoms with Crippen LogP contribution in [0.2, 0.25) is 0 Å². The lowest BCUT2D eigenvalue weighted by atomic mass is 9.74. The summed E-state index contributed by atoms with van der Waals surface area (Å²) in [6.45, 7) is 4.63. The summed E-state index contributed by atoms with van der Waals surface area (Å²) in [6.07, 6.45) is 5.11. The monoisotopic (exact) mass is 179 g/mol. The van der Waals surface area contributed by atoms with Crippen molar-refractivity contribution >= 4 is 5.91 Å². The number of allylic oxidation sites excluding steroid dienone is 2. The first kappa shape index (κ1) is 8.79. The zero-order chi connectivity index (χ0) is 9.47. The summed E-state index contributed by atoms with van der Waals surface area (Å²) in [5.74, 6) is 0.207. The maximum absolute atomic E-state index is 11.1. The Balaban J connectivity index is 2.19. The third kappa shape index (κ3) is 1.77. The van der Waals surface area contributed by atoms with Gasteiger partial charge in [-0.2, -0.15) is 0 Å². The van der Waals surface area contributed by atoms with Crippen molar-refractivity contribution in [2.75, 3.05) is 0 Å². The Morgan fingerprint density at radius 2 is 2.00 bits per heavy atom. The lowest BCUT2D eigenvalue weighted by molar-refractivity contribution is -0.121. The number of hydrogen-bond donors (Lipinski definition) is 1. The molecule has 0 unspecified atom stereocenters. The molecule has 1 heterocycles. The molecule has 2 heteroatoms. The van der Waals surface area contributed by atoms with Gasteiger partial charge in [-0.05, 0) is 36.7 Å². The molecule has 0 aromatic rings. The smallest absolute Gasteiger partial charge is 0.224 e. The van der Waals surface area contributed by atoms with Gasteiger partial charge in [-0.25, -0.2) is 0 Å². The van der Waals surface area contributed by atoms with Gasteiger partial charge in [-0.3, -0.25) is 4.79 Å². The summed E-state index contributed by atoms with van der Waals surface area (Å²) in [7, 11) is 0. The summed E-state index contributed by atoms with van der Waals surface area (Å²) in [5.41, 5.74) is 3.17. The quantitative estimate of drug-likeness (QED) is 0.607. The molecule has 0 saturated heterocycles. The van der Waals surface area contributed by atoms with Gasteiger partial charge in [0.05, 0.1) is 0 Å². The van der Waals surface area contributed by atoms with Crippen molar-refractivity contribution in [1.82, 2.24) is 5.32 Å². The normalized spacial score (nSPS) is 26.8. The minimum absolute atomic E-state index is 0.207. The fourth-order valence-corrected chi connectivity index (χ4v) is 2.30. The molecule has 0 radical (unpaired) electrons. The van der Waals surface area contributed by atoms with Crippen LogP contribution in [0.4, 0.5) is 0 Å². The molecular formula is C11H17NO. The van der Waals surface area contributed by atoms with Crippen molar-refractivity contribution in [1.29, 1.82) is 0 Å². The van der Waals surface area contributed by atoms with Crippen LogP contribution in [0.5, 0.6) is 0 Å². The van der Waals surface area contributed by atoms with Crippen molar-refractivity contribution in [2.45, 2.75) is 46.0 Å². The van der Waals surface area contributed by atoms with Crippen molar-refractivity contribution in [3.05, 3.63) is 11.3 Å². The second kappa shape index (κ2) is 2.86. The molecule has 13 heavy (non-hydrogen) atoms. The van der Waals surface area contributed by atoms with Gasteiger partial charge < -0.3 is 5.32 Å². The molecule has 0 atom stereocenters. The van der Waals surface area contributed by atoms with E-state index in [1.165, 1.54) is 24.1 Å². The number of hydrogen-bond acceptors (Lipinski definition) is 1. The van der Waals surface area contributed by atoms with E-state index in [0.29, 0.717) is 11.8 Å². The number of nitrogens with one attached hydrogen (secondary N) is 1. The highest BCUT2D eigenvalue weighted by molar-refractivity contribution is 5.79. The van der Waals surface area contributed by atoms with Gasteiger partial charge in [0.2, 0.25) is 5.91 Å². The molecule has 1 aliphatic carbocycles. The number of rotatable bonds is 0. The second-order valence-corrected chi connectivity index (χ2v) is 4.97. The third-order valence-electron chi connectivity index (χ3n) is 3.11. The Bertz CT molecular complexity index is 276. The van der Waals surface area contributed by atoms with Crippen LogP contribution in [0.3, 0.4) is 0 Å². The summed E-state index contributed by atoms with van der Waals surface area (Å²) >= 11 is 0. The lowest BCUT2D eigenvalue weighted by Gasteiger charge is -2.35. The topological polar surface area (TPSA) is 29.1 Å². The van der Waals surface area contributed by atoms with Crippen LogP contribution in [-0.4, -0.2) is 5.91 Å². The van der Waals surface area contributed by atoms with Crippen LogP contribution in [0.25, 0.3) is 0 Å². The maximum atomic E-state index is 11.1. The van der Waals surface area contributed by atoms with Gasteiger partial charge in [-0.1, -0.05) is 13.8 Å². The van der Waals surface area contributed by atoms with Crippen molar-refractivity contribution in [2.24, 2.45) is 5.41 Å². The van der Waals surface area contributed by atoms with Crippen molar-refractivity contribution < 1.29 is 4.79 Å². The zero-order valence-electron chi connectivity index (χ0n) is 8.44. The Hall–Kier alpha value is -0.790. The molecule has 0 spiro atoms.